The van der Waals surface area contributed by atoms with E-state index in [9.17, 15) is 0 Å². The van der Waals surface area contributed by atoms with Crippen LogP contribution in [-0.4, -0.2) is 18.3 Å². The number of rotatable bonds is 2. The predicted molar refractivity (Wildman–Crippen MR) is 81.1 cm³/mol. The van der Waals surface area contributed by atoms with Crippen LogP contribution >= 0.6 is 0 Å². The van der Waals surface area contributed by atoms with Crippen molar-refractivity contribution in [1.29, 1.82) is 0 Å². The highest BCUT2D eigenvalue weighted by Crippen LogP contribution is 2.24. The Morgan fingerprint density at radius 3 is 2.58 bits per heavy atom. The Hall–Kier alpha value is -2.09. The zero-order valence-corrected chi connectivity index (χ0v) is 11.1. The first-order valence-corrected chi connectivity index (χ1v) is 6.85. The monoisotopic (exact) mass is 250 g/mol. The number of nitrogens with zero attached hydrogens (tertiary/aromatic N) is 1. The average Bonchev–Trinajstić information content (AvgIpc) is 2.68. The molecule has 0 aromatic heterocycles. The van der Waals surface area contributed by atoms with Crippen molar-refractivity contribution in [2.45, 2.75) is 19.4 Å². The standard InChI is InChI=1S/C17H18N2/c1-2-14-12-18-16-11-7-6-10-15(16)17(19-14)13-8-4-3-5-9-13/h3-11,14,18H,2,12H2,1H3. The number of hydrogen-bond donors (Lipinski definition) is 1. The SMILES string of the molecule is CCC1CNc2ccccc2C(c2ccccc2)=N1. The summed E-state index contributed by atoms with van der Waals surface area (Å²) < 4.78 is 0. The molecule has 1 N–H and O–H groups in total. The fourth-order valence-corrected chi connectivity index (χ4v) is 2.43. The molecule has 1 atom stereocenters. The number of para-hydroxylation sites is 1. The third-order valence-electron chi connectivity index (χ3n) is 3.54. The molecule has 1 unspecified atom stereocenters. The van der Waals surface area contributed by atoms with Gasteiger partial charge in [0.15, 0.2) is 0 Å². The van der Waals surface area contributed by atoms with Gasteiger partial charge >= 0.3 is 0 Å². The largest absolute Gasteiger partial charge is 0.382 e. The smallest absolute Gasteiger partial charge is 0.0743 e. The Kier molecular flexibility index (Phi) is 3.32. The number of fused-ring (bicyclic) bond motifs is 1. The van der Waals surface area contributed by atoms with Gasteiger partial charge in [-0.3, -0.25) is 4.99 Å². The van der Waals surface area contributed by atoms with E-state index in [2.05, 4.69) is 60.8 Å². The predicted octanol–water partition coefficient (Wildman–Crippen LogP) is 3.73. The molecule has 1 aliphatic rings. The molecule has 0 saturated carbocycles. The van der Waals surface area contributed by atoms with Crippen LogP contribution in [0.2, 0.25) is 0 Å². The van der Waals surface area contributed by atoms with E-state index in [1.807, 2.05) is 6.07 Å². The van der Waals surface area contributed by atoms with Crippen LogP contribution in [0.1, 0.15) is 24.5 Å². The average molecular weight is 250 g/mol. The molecule has 0 amide bonds. The third kappa shape index (κ3) is 2.39. The Balaban J connectivity index is 2.14. The second-order valence-corrected chi connectivity index (χ2v) is 4.83. The van der Waals surface area contributed by atoms with Crippen LogP contribution in [-0.2, 0) is 0 Å². The van der Waals surface area contributed by atoms with E-state index in [-0.39, 0.29) is 0 Å². The van der Waals surface area contributed by atoms with Crippen LogP contribution in [0.4, 0.5) is 5.69 Å². The Morgan fingerprint density at radius 2 is 1.79 bits per heavy atom. The first-order chi connectivity index (χ1) is 9.38. The normalized spacial score (nSPS) is 17.9. The highest BCUT2D eigenvalue weighted by Gasteiger charge is 2.17. The molecule has 1 heterocycles. The molecule has 0 saturated heterocycles. The van der Waals surface area contributed by atoms with Gasteiger partial charge in [-0.25, -0.2) is 0 Å². The zero-order valence-electron chi connectivity index (χ0n) is 11.1. The van der Waals surface area contributed by atoms with E-state index in [1.54, 1.807) is 0 Å². The van der Waals surface area contributed by atoms with E-state index in [4.69, 9.17) is 4.99 Å². The topological polar surface area (TPSA) is 24.4 Å². The van der Waals surface area contributed by atoms with Gasteiger partial charge in [-0.05, 0) is 12.5 Å². The molecule has 0 aliphatic carbocycles. The van der Waals surface area contributed by atoms with E-state index in [0.717, 1.165) is 18.7 Å². The summed E-state index contributed by atoms with van der Waals surface area (Å²) in [6, 6.07) is 19.2. The number of hydrogen-bond acceptors (Lipinski definition) is 2. The van der Waals surface area contributed by atoms with Gasteiger partial charge in [-0.1, -0.05) is 55.5 Å². The first-order valence-electron chi connectivity index (χ1n) is 6.85. The molecule has 0 radical (unpaired) electrons. The van der Waals surface area contributed by atoms with Gasteiger partial charge in [0.25, 0.3) is 0 Å². The molecule has 3 rings (SSSR count). The van der Waals surface area contributed by atoms with Crippen LogP contribution in [0.15, 0.2) is 59.6 Å². The summed E-state index contributed by atoms with van der Waals surface area (Å²) in [5.74, 6) is 0. The number of benzodiazepines with no additional fused rings is 1. The van der Waals surface area contributed by atoms with Gasteiger partial charge in [0.2, 0.25) is 0 Å². The van der Waals surface area contributed by atoms with Crippen LogP contribution < -0.4 is 5.32 Å². The lowest BCUT2D eigenvalue weighted by atomic mass is 10.0. The molecule has 0 spiro atoms. The van der Waals surface area contributed by atoms with Crippen molar-refractivity contribution in [1.82, 2.24) is 0 Å². The molecule has 2 aromatic rings. The minimum Gasteiger partial charge on any atom is -0.382 e. The lowest BCUT2D eigenvalue weighted by Crippen LogP contribution is -2.15. The van der Waals surface area contributed by atoms with E-state index < -0.39 is 0 Å². The summed E-state index contributed by atoms with van der Waals surface area (Å²) in [5, 5.41) is 3.51. The lowest BCUT2D eigenvalue weighted by molar-refractivity contribution is 0.686. The second kappa shape index (κ2) is 5.27. The maximum absolute atomic E-state index is 4.96. The van der Waals surface area contributed by atoms with Crippen molar-refractivity contribution in [3.05, 3.63) is 65.7 Å². The Morgan fingerprint density at radius 1 is 1.05 bits per heavy atom. The highest BCUT2D eigenvalue weighted by molar-refractivity contribution is 6.16. The summed E-state index contributed by atoms with van der Waals surface area (Å²) >= 11 is 0. The molecular weight excluding hydrogens is 232 g/mol. The van der Waals surface area contributed by atoms with Gasteiger partial charge in [0.1, 0.15) is 0 Å². The molecule has 2 nitrogen and oxygen atoms in total. The summed E-state index contributed by atoms with van der Waals surface area (Å²) in [6.45, 7) is 3.10. The van der Waals surface area contributed by atoms with Gasteiger partial charge in [-0.2, -0.15) is 0 Å². The second-order valence-electron chi connectivity index (χ2n) is 4.83. The summed E-state index contributed by atoms with van der Waals surface area (Å²) in [4.78, 5) is 4.96. The number of anilines is 1. The van der Waals surface area contributed by atoms with Crippen molar-refractivity contribution in [2.24, 2.45) is 4.99 Å². The van der Waals surface area contributed by atoms with Crippen molar-refractivity contribution >= 4 is 11.4 Å². The first kappa shape index (κ1) is 12.0. The molecule has 0 bridgehead atoms. The van der Waals surface area contributed by atoms with Gasteiger partial charge in [0.05, 0.1) is 11.8 Å². The molecule has 19 heavy (non-hydrogen) atoms. The Bertz CT molecular complexity index is 587. The minimum absolute atomic E-state index is 0.336. The lowest BCUT2D eigenvalue weighted by Gasteiger charge is -2.09. The van der Waals surface area contributed by atoms with Crippen molar-refractivity contribution < 1.29 is 0 Å². The molecule has 0 fully saturated rings. The summed E-state index contributed by atoms with van der Waals surface area (Å²) in [7, 11) is 0. The van der Waals surface area contributed by atoms with Gasteiger partial charge < -0.3 is 5.32 Å². The van der Waals surface area contributed by atoms with E-state index in [0.29, 0.717) is 6.04 Å². The minimum atomic E-state index is 0.336. The summed E-state index contributed by atoms with van der Waals surface area (Å²) in [6.07, 6.45) is 1.05. The van der Waals surface area contributed by atoms with Crippen LogP contribution in [0.25, 0.3) is 0 Å². The third-order valence-corrected chi connectivity index (χ3v) is 3.54. The Labute approximate surface area is 114 Å². The molecule has 2 heteroatoms. The fraction of sp³-hybridized carbons (Fsp3) is 0.235. The molecule has 1 aliphatic heterocycles. The van der Waals surface area contributed by atoms with Gasteiger partial charge in [0, 0.05) is 23.4 Å². The maximum atomic E-state index is 4.96. The molecular formula is C17H18N2. The molecule has 96 valence electrons. The van der Waals surface area contributed by atoms with E-state index >= 15 is 0 Å². The molecule has 2 aromatic carbocycles. The highest BCUT2D eigenvalue weighted by atomic mass is 15.0. The number of aliphatic imine (C=N–C) groups is 1. The quantitative estimate of drug-likeness (QED) is 0.863. The van der Waals surface area contributed by atoms with Crippen LogP contribution in [0.5, 0.6) is 0 Å². The summed E-state index contributed by atoms with van der Waals surface area (Å²) in [5.41, 5.74) is 4.68. The van der Waals surface area contributed by atoms with Crippen molar-refractivity contribution in [2.75, 3.05) is 11.9 Å². The van der Waals surface area contributed by atoms with E-state index in [1.165, 1.54) is 16.8 Å². The zero-order chi connectivity index (χ0) is 13.1. The number of benzene rings is 2. The van der Waals surface area contributed by atoms with Gasteiger partial charge in [-0.15, -0.1) is 0 Å². The van der Waals surface area contributed by atoms with Crippen molar-refractivity contribution in [3.8, 4) is 0 Å². The van der Waals surface area contributed by atoms with Crippen LogP contribution in [0, 0.1) is 0 Å². The van der Waals surface area contributed by atoms with Crippen molar-refractivity contribution in [3.63, 3.8) is 0 Å². The maximum Gasteiger partial charge on any atom is 0.0743 e. The number of nitrogens with one attached hydrogen (secondary N) is 1. The van der Waals surface area contributed by atoms with Crippen LogP contribution in [0.3, 0.4) is 0 Å². The fourth-order valence-electron chi connectivity index (χ4n) is 2.43.